The number of aromatic amines is 2. The maximum absolute atomic E-state index is 8.52. The van der Waals surface area contributed by atoms with E-state index in [2.05, 4.69) is 114 Å². The number of para-hydroxylation sites is 4. The van der Waals surface area contributed by atoms with E-state index in [9.17, 15) is 0 Å². The zero-order valence-electron chi connectivity index (χ0n) is 24.2. The summed E-state index contributed by atoms with van der Waals surface area (Å²) in [6.07, 6.45) is 4.97. The van der Waals surface area contributed by atoms with Crippen LogP contribution >= 0.6 is 0 Å². The maximum Gasteiger partial charge on any atom is 0.251 e. The lowest BCUT2D eigenvalue weighted by Gasteiger charge is -2.06. The monoisotopic (exact) mass is 566 g/mol. The van der Waals surface area contributed by atoms with E-state index in [0.717, 1.165) is 13.1 Å². The Hall–Kier alpha value is -3.53. The van der Waals surface area contributed by atoms with Gasteiger partial charge >= 0.3 is 0 Å². The Morgan fingerprint density at radius 2 is 0.975 bits per heavy atom. The Morgan fingerprint density at radius 1 is 0.625 bits per heavy atom. The van der Waals surface area contributed by atoms with E-state index in [1.54, 1.807) is 0 Å². The number of aromatic nitrogens is 4. The number of hydrogen-bond donors (Lipinski definition) is 2. The number of nitrogens with zero attached hydrogens (tertiary/aromatic N) is 2. The number of imidazole rings is 2. The lowest BCUT2D eigenvalue weighted by molar-refractivity contribution is -0.678. The van der Waals surface area contributed by atoms with Gasteiger partial charge in [-0.05, 0) is 44.0 Å². The first-order valence-electron chi connectivity index (χ1n) is 13.7. The molecule has 0 saturated heterocycles. The second kappa shape index (κ2) is 16.5. The quantitative estimate of drug-likeness (QED) is 0.154. The Labute approximate surface area is 238 Å². The predicted octanol–water partition coefficient (Wildman–Crippen LogP) is 5.78. The molecule has 0 saturated carbocycles. The van der Waals surface area contributed by atoms with Crippen LogP contribution in [0.25, 0.3) is 22.1 Å². The van der Waals surface area contributed by atoms with Crippen molar-refractivity contribution in [3.05, 3.63) is 96.1 Å². The number of hydrogen-bond acceptors (Lipinski definition) is 4. The van der Waals surface area contributed by atoms with Crippen LogP contribution in [-0.2, 0) is 23.5 Å². The Bertz CT molecular complexity index is 1450. The summed E-state index contributed by atoms with van der Waals surface area (Å²) in [5, 5.41) is 0. The highest BCUT2D eigenvalue weighted by molar-refractivity contribution is 7.79. The normalized spacial score (nSPS) is 10.7. The highest BCUT2D eigenvalue weighted by Crippen LogP contribution is 2.09. The molecule has 0 spiro atoms. The lowest BCUT2D eigenvalue weighted by Crippen LogP contribution is -2.35. The van der Waals surface area contributed by atoms with Crippen LogP contribution in [0.3, 0.4) is 0 Å². The van der Waals surface area contributed by atoms with Crippen molar-refractivity contribution in [1.82, 2.24) is 9.97 Å². The summed E-state index contributed by atoms with van der Waals surface area (Å²) in [4.78, 5) is 6.80. The van der Waals surface area contributed by atoms with Gasteiger partial charge in [0, 0.05) is 24.2 Å². The van der Waals surface area contributed by atoms with E-state index < -0.39 is 10.4 Å². The van der Waals surface area contributed by atoms with Gasteiger partial charge < -0.3 is 9.11 Å². The molecule has 0 fully saturated rings. The minimum absolute atomic E-state index is 1.12. The fourth-order valence-electron chi connectivity index (χ4n) is 4.26. The molecule has 5 rings (SSSR count). The molecule has 216 valence electrons. The first-order valence-corrected chi connectivity index (χ1v) is 15.0. The minimum atomic E-state index is -5.17. The molecule has 40 heavy (non-hydrogen) atoms. The first-order chi connectivity index (χ1) is 19.0. The molecule has 9 heteroatoms. The Balaban J connectivity index is 0.000000202. The molecule has 0 atom stereocenters. The highest BCUT2D eigenvalue weighted by Gasteiger charge is 2.13. The fourth-order valence-corrected chi connectivity index (χ4v) is 4.26. The van der Waals surface area contributed by atoms with Crippen LogP contribution in [-0.4, -0.2) is 27.5 Å². The third-order valence-electron chi connectivity index (χ3n) is 6.24. The number of H-pyrrole nitrogens is 2. The van der Waals surface area contributed by atoms with Gasteiger partial charge in [-0.1, -0.05) is 86.8 Å². The molecule has 0 bridgehead atoms. The van der Waals surface area contributed by atoms with Gasteiger partial charge in [-0.25, -0.2) is 19.1 Å². The summed E-state index contributed by atoms with van der Waals surface area (Å²) in [6.45, 7) is 13.0. The summed E-state index contributed by atoms with van der Waals surface area (Å²) in [7, 11) is -5.17. The number of aryl methyl sites for hydroxylation is 5. The van der Waals surface area contributed by atoms with Gasteiger partial charge in [0.1, 0.15) is 0 Å². The Kier molecular flexibility index (Phi) is 13.5. The SMILES string of the molecule is CCCC[n+]1c(C)[nH]c2ccccc21.CCCC[n+]1c(C)[nH]c2ccccc21.Cc1ccccc1.O=S(=O)([O-])[O-]. The molecule has 2 N–H and O–H groups in total. The third kappa shape index (κ3) is 11.3. The van der Waals surface area contributed by atoms with Gasteiger partial charge in [0.2, 0.25) is 0 Å². The molecule has 0 amide bonds. The third-order valence-corrected chi connectivity index (χ3v) is 6.24. The van der Waals surface area contributed by atoms with Crippen LogP contribution in [0.1, 0.15) is 56.7 Å². The smallest absolute Gasteiger partial charge is 0.251 e. The van der Waals surface area contributed by atoms with Crippen molar-refractivity contribution in [2.75, 3.05) is 0 Å². The molecule has 3 aromatic carbocycles. The lowest BCUT2D eigenvalue weighted by atomic mass is 10.2. The molecule has 0 aliphatic carbocycles. The van der Waals surface area contributed by atoms with E-state index in [0.29, 0.717) is 0 Å². The van der Waals surface area contributed by atoms with Gasteiger partial charge in [0.15, 0.2) is 22.1 Å². The summed E-state index contributed by atoms with van der Waals surface area (Å²) in [6, 6.07) is 27.2. The summed E-state index contributed by atoms with van der Waals surface area (Å²) in [5.41, 5.74) is 6.43. The van der Waals surface area contributed by atoms with E-state index in [1.807, 2.05) is 18.2 Å². The molecule has 0 aliphatic rings. The molecule has 2 aromatic heterocycles. The topological polar surface area (TPSA) is 120 Å². The van der Waals surface area contributed by atoms with Crippen molar-refractivity contribution in [2.24, 2.45) is 0 Å². The van der Waals surface area contributed by atoms with E-state index in [4.69, 9.17) is 17.5 Å². The van der Waals surface area contributed by atoms with Gasteiger partial charge in [-0.3, -0.25) is 8.42 Å². The zero-order chi connectivity index (χ0) is 29.5. The minimum Gasteiger partial charge on any atom is -0.759 e. The van der Waals surface area contributed by atoms with Crippen molar-refractivity contribution in [3.63, 3.8) is 0 Å². The fraction of sp³-hybridized carbons (Fsp3) is 0.355. The molecular formula is C31H42N4O4S. The summed E-state index contributed by atoms with van der Waals surface area (Å²) in [5.74, 6) is 2.50. The van der Waals surface area contributed by atoms with Gasteiger partial charge in [-0.15, -0.1) is 0 Å². The number of benzene rings is 3. The maximum atomic E-state index is 8.52. The van der Waals surface area contributed by atoms with Crippen LogP contribution in [0.15, 0.2) is 78.9 Å². The van der Waals surface area contributed by atoms with Gasteiger partial charge in [0.25, 0.3) is 11.6 Å². The number of fused-ring (bicyclic) bond motifs is 2. The summed E-state index contributed by atoms with van der Waals surface area (Å²) < 4.78 is 38.8. The van der Waals surface area contributed by atoms with Crippen LogP contribution in [0.2, 0.25) is 0 Å². The molecule has 0 radical (unpaired) electrons. The standard InChI is InChI=1S/2C12H16N2.C7H8.H2O4S/c2*1-3-4-9-14-10(2)13-11-7-5-6-8-12(11)14;1-7-5-3-2-4-6-7;1-5(2,3)4/h2*5-8H,3-4,9H2,1-2H3;2-6H,1H3;(H2,1,2,3,4). The van der Waals surface area contributed by atoms with Crippen LogP contribution < -0.4 is 9.13 Å². The molecule has 2 heterocycles. The molecule has 5 aromatic rings. The largest absolute Gasteiger partial charge is 0.759 e. The molecule has 8 nitrogen and oxygen atoms in total. The number of unbranched alkanes of at least 4 members (excludes halogenated alkanes) is 2. The second-order valence-corrected chi connectivity index (χ2v) is 10.3. The van der Waals surface area contributed by atoms with E-state index >= 15 is 0 Å². The number of nitrogens with one attached hydrogen (secondary N) is 2. The van der Waals surface area contributed by atoms with Gasteiger partial charge in [-0.2, -0.15) is 0 Å². The van der Waals surface area contributed by atoms with Gasteiger partial charge in [0.05, 0.1) is 13.1 Å². The highest BCUT2D eigenvalue weighted by atomic mass is 32.3. The van der Waals surface area contributed by atoms with Crippen molar-refractivity contribution < 1.29 is 26.7 Å². The van der Waals surface area contributed by atoms with Crippen LogP contribution in [0, 0.1) is 20.8 Å². The predicted molar refractivity (Wildman–Crippen MR) is 158 cm³/mol. The first kappa shape index (κ1) is 32.7. The number of rotatable bonds is 6. The average molecular weight is 567 g/mol. The molecule has 0 unspecified atom stereocenters. The Morgan fingerprint density at radius 3 is 1.30 bits per heavy atom. The van der Waals surface area contributed by atoms with Crippen molar-refractivity contribution in [2.45, 2.75) is 73.4 Å². The van der Waals surface area contributed by atoms with Crippen LogP contribution in [0.4, 0.5) is 0 Å². The molecule has 0 aliphatic heterocycles. The van der Waals surface area contributed by atoms with Crippen LogP contribution in [0.5, 0.6) is 0 Å². The average Bonchev–Trinajstić information content (AvgIpc) is 3.41. The van der Waals surface area contributed by atoms with Crippen molar-refractivity contribution in [3.8, 4) is 0 Å². The second-order valence-electron chi connectivity index (χ2n) is 9.53. The van der Waals surface area contributed by atoms with E-state index in [1.165, 1.54) is 65.0 Å². The van der Waals surface area contributed by atoms with Crippen molar-refractivity contribution in [1.29, 1.82) is 0 Å². The zero-order valence-corrected chi connectivity index (χ0v) is 25.0. The van der Waals surface area contributed by atoms with Crippen molar-refractivity contribution >= 4 is 32.5 Å². The summed E-state index contributed by atoms with van der Waals surface area (Å²) >= 11 is 0. The molecular weight excluding hydrogens is 524 g/mol. The van der Waals surface area contributed by atoms with E-state index in [-0.39, 0.29) is 0 Å².